The number of nitrogens with one attached hydrogen (secondary N) is 1. The van der Waals surface area contributed by atoms with Crippen LogP contribution in [-0.4, -0.2) is 4.57 Å². The fourth-order valence-electron chi connectivity index (χ4n) is 2.00. The Morgan fingerprint density at radius 1 is 1.20 bits per heavy atom. The van der Waals surface area contributed by atoms with Gasteiger partial charge in [0.2, 0.25) is 0 Å². The SMILES string of the molecule is CCCn1ccc(CNc2cccc(C(F)(F)F)c2)c1. The van der Waals surface area contributed by atoms with Gasteiger partial charge in [-0.1, -0.05) is 13.0 Å². The van der Waals surface area contributed by atoms with E-state index in [1.165, 1.54) is 6.07 Å². The molecule has 2 rings (SSSR count). The molecule has 0 unspecified atom stereocenters. The summed E-state index contributed by atoms with van der Waals surface area (Å²) in [5.74, 6) is 0. The standard InChI is InChI=1S/C15H17F3N2/c1-2-7-20-8-6-12(11-20)10-19-14-5-3-4-13(9-14)15(16,17)18/h3-6,8-9,11,19H,2,7,10H2,1H3. The first-order valence-corrected chi connectivity index (χ1v) is 6.55. The van der Waals surface area contributed by atoms with Crippen LogP contribution in [0.3, 0.4) is 0 Å². The van der Waals surface area contributed by atoms with Gasteiger partial charge in [0.1, 0.15) is 0 Å². The predicted molar refractivity (Wildman–Crippen MR) is 73.5 cm³/mol. The number of alkyl halides is 3. The number of halogens is 3. The van der Waals surface area contributed by atoms with Crippen LogP contribution in [0, 0.1) is 0 Å². The van der Waals surface area contributed by atoms with Crippen LogP contribution >= 0.6 is 0 Å². The van der Waals surface area contributed by atoms with E-state index in [-0.39, 0.29) is 0 Å². The molecule has 20 heavy (non-hydrogen) atoms. The van der Waals surface area contributed by atoms with Crippen molar-refractivity contribution in [2.75, 3.05) is 5.32 Å². The van der Waals surface area contributed by atoms with Crippen LogP contribution in [0.15, 0.2) is 42.7 Å². The molecule has 0 atom stereocenters. The van der Waals surface area contributed by atoms with Gasteiger partial charge in [-0.3, -0.25) is 0 Å². The summed E-state index contributed by atoms with van der Waals surface area (Å²) in [5.41, 5.74) is 0.894. The molecular weight excluding hydrogens is 265 g/mol. The van der Waals surface area contributed by atoms with Gasteiger partial charge < -0.3 is 9.88 Å². The first-order valence-electron chi connectivity index (χ1n) is 6.55. The highest BCUT2D eigenvalue weighted by molar-refractivity contribution is 5.46. The molecule has 5 heteroatoms. The Morgan fingerprint density at radius 3 is 2.70 bits per heavy atom. The highest BCUT2D eigenvalue weighted by Gasteiger charge is 2.30. The van der Waals surface area contributed by atoms with E-state index in [9.17, 15) is 13.2 Å². The van der Waals surface area contributed by atoms with Crippen molar-refractivity contribution in [1.29, 1.82) is 0 Å². The van der Waals surface area contributed by atoms with Gasteiger partial charge in [0, 0.05) is 31.2 Å². The Kier molecular flexibility index (Phi) is 4.37. The summed E-state index contributed by atoms with van der Waals surface area (Å²) in [6, 6.07) is 7.22. The Balaban J connectivity index is 1.99. The maximum Gasteiger partial charge on any atom is 0.416 e. The van der Waals surface area contributed by atoms with Crippen molar-refractivity contribution < 1.29 is 13.2 Å². The second-order valence-corrected chi connectivity index (χ2v) is 4.69. The minimum atomic E-state index is -4.30. The van der Waals surface area contributed by atoms with E-state index in [0.29, 0.717) is 12.2 Å². The lowest BCUT2D eigenvalue weighted by Crippen LogP contribution is -2.06. The fraction of sp³-hybridized carbons (Fsp3) is 0.333. The Labute approximate surface area is 116 Å². The van der Waals surface area contributed by atoms with Gasteiger partial charge in [0.05, 0.1) is 5.56 Å². The van der Waals surface area contributed by atoms with Crippen molar-refractivity contribution in [3.05, 3.63) is 53.9 Å². The number of rotatable bonds is 5. The molecule has 0 saturated carbocycles. The van der Waals surface area contributed by atoms with Gasteiger partial charge in [0.15, 0.2) is 0 Å². The number of hydrogen-bond donors (Lipinski definition) is 1. The molecule has 0 aliphatic rings. The van der Waals surface area contributed by atoms with Crippen molar-refractivity contribution in [2.24, 2.45) is 0 Å². The molecule has 108 valence electrons. The maximum atomic E-state index is 12.6. The summed E-state index contributed by atoms with van der Waals surface area (Å²) >= 11 is 0. The van der Waals surface area contributed by atoms with Crippen molar-refractivity contribution >= 4 is 5.69 Å². The molecule has 1 aromatic heterocycles. The number of nitrogens with zero attached hydrogens (tertiary/aromatic N) is 1. The zero-order chi connectivity index (χ0) is 14.6. The molecule has 0 fully saturated rings. The van der Waals surface area contributed by atoms with E-state index in [1.54, 1.807) is 6.07 Å². The van der Waals surface area contributed by atoms with Crippen LogP contribution in [0.25, 0.3) is 0 Å². The smallest absolute Gasteiger partial charge is 0.381 e. The lowest BCUT2D eigenvalue weighted by atomic mass is 10.2. The summed E-state index contributed by atoms with van der Waals surface area (Å²) in [4.78, 5) is 0. The van der Waals surface area contributed by atoms with Crippen LogP contribution in [-0.2, 0) is 19.3 Å². The molecule has 0 saturated heterocycles. The zero-order valence-corrected chi connectivity index (χ0v) is 11.2. The summed E-state index contributed by atoms with van der Waals surface area (Å²) in [6.45, 7) is 3.56. The number of hydrogen-bond acceptors (Lipinski definition) is 1. The maximum absolute atomic E-state index is 12.6. The van der Waals surface area contributed by atoms with Crippen LogP contribution in [0.1, 0.15) is 24.5 Å². The molecule has 0 bridgehead atoms. The van der Waals surface area contributed by atoms with Gasteiger partial charge in [-0.25, -0.2) is 0 Å². The third-order valence-electron chi connectivity index (χ3n) is 2.98. The second kappa shape index (κ2) is 6.03. The van der Waals surface area contributed by atoms with Crippen LogP contribution in [0.2, 0.25) is 0 Å². The molecule has 2 aromatic rings. The number of anilines is 1. The topological polar surface area (TPSA) is 17.0 Å². The van der Waals surface area contributed by atoms with E-state index in [2.05, 4.69) is 16.8 Å². The van der Waals surface area contributed by atoms with Gasteiger partial charge in [0.25, 0.3) is 0 Å². The van der Waals surface area contributed by atoms with E-state index in [1.807, 2.05) is 18.5 Å². The largest absolute Gasteiger partial charge is 0.416 e. The lowest BCUT2D eigenvalue weighted by molar-refractivity contribution is -0.137. The molecule has 0 amide bonds. The number of aryl methyl sites for hydroxylation is 1. The zero-order valence-electron chi connectivity index (χ0n) is 11.2. The quantitative estimate of drug-likeness (QED) is 0.852. The van der Waals surface area contributed by atoms with Crippen molar-refractivity contribution in [3.63, 3.8) is 0 Å². The van der Waals surface area contributed by atoms with Crippen molar-refractivity contribution in [3.8, 4) is 0 Å². The van der Waals surface area contributed by atoms with E-state index >= 15 is 0 Å². The average Bonchev–Trinajstić information content (AvgIpc) is 2.84. The summed E-state index contributed by atoms with van der Waals surface area (Å²) in [6.07, 6.45) is 0.730. The van der Waals surface area contributed by atoms with Gasteiger partial charge in [-0.15, -0.1) is 0 Å². The summed E-state index contributed by atoms with van der Waals surface area (Å²) in [5, 5.41) is 3.02. The molecule has 2 nitrogen and oxygen atoms in total. The Bertz CT molecular complexity index is 558. The third-order valence-corrected chi connectivity index (χ3v) is 2.98. The third kappa shape index (κ3) is 3.79. The molecule has 0 spiro atoms. The lowest BCUT2D eigenvalue weighted by Gasteiger charge is -2.10. The van der Waals surface area contributed by atoms with Crippen LogP contribution in [0.4, 0.5) is 18.9 Å². The molecule has 0 aliphatic carbocycles. The first kappa shape index (κ1) is 14.5. The highest BCUT2D eigenvalue weighted by Crippen LogP contribution is 2.30. The molecule has 0 radical (unpaired) electrons. The summed E-state index contributed by atoms with van der Waals surface area (Å²) in [7, 11) is 0. The Morgan fingerprint density at radius 2 is 2.00 bits per heavy atom. The first-order chi connectivity index (χ1) is 9.49. The molecular formula is C15H17F3N2. The fourth-order valence-corrected chi connectivity index (χ4v) is 2.00. The van der Waals surface area contributed by atoms with Crippen molar-refractivity contribution in [1.82, 2.24) is 4.57 Å². The van der Waals surface area contributed by atoms with Crippen LogP contribution < -0.4 is 5.32 Å². The molecule has 0 aliphatic heterocycles. The number of benzene rings is 1. The van der Waals surface area contributed by atoms with Gasteiger partial charge >= 0.3 is 6.18 Å². The minimum Gasteiger partial charge on any atom is -0.381 e. The minimum absolute atomic E-state index is 0.475. The summed E-state index contributed by atoms with van der Waals surface area (Å²) < 4.78 is 39.8. The van der Waals surface area contributed by atoms with Crippen molar-refractivity contribution in [2.45, 2.75) is 32.6 Å². The molecule has 1 aromatic carbocycles. The highest BCUT2D eigenvalue weighted by atomic mass is 19.4. The second-order valence-electron chi connectivity index (χ2n) is 4.69. The average molecular weight is 282 g/mol. The predicted octanol–water partition coefficient (Wildman–Crippen LogP) is 4.53. The monoisotopic (exact) mass is 282 g/mol. The van der Waals surface area contributed by atoms with E-state index < -0.39 is 11.7 Å². The Hall–Kier alpha value is -1.91. The van der Waals surface area contributed by atoms with E-state index in [0.717, 1.165) is 30.7 Å². The normalized spacial score (nSPS) is 11.6. The number of aromatic nitrogens is 1. The van der Waals surface area contributed by atoms with Gasteiger partial charge in [-0.2, -0.15) is 13.2 Å². The van der Waals surface area contributed by atoms with Gasteiger partial charge in [-0.05, 0) is 36.2 Å². The van der Waals surface area contributed by atoms with Crippen LogP contribution in [0.5, 0.6) is 0 Å². The molecule has 1 heterocycles. The van der Waals surface area contributed by atoms with E-state index in [4.69, 9.17) is 0 Å². The molecule has 1 N–H and O–H groups in total.